The van der Waals surface area contributed by atoms with E-state index in [1.165, 1.54) is 25.7 Å². The lowest BCUT2D eigenvalue weighted by atomic mass is 10.0. The number of benzene rings is 1. The van der Waals surface area contributed by atoms with Crippen LogP contribution in [0.5, 0.6) is 5.75 Å². The predicted molar refractivity (Wildman–Crippen MR) is 102 cm³/mol. The molecular weight excluding hydrogens is 338 g/mol. The smallest absolute Gasteiger partial charge is 0.257 e. The van der Waals surface area contributed by atoms with Crippen molar-refractivity contribution in [3.05, 3.63) is 29.8 Å². The van der Waals surface area contributed by atoms with Crippen LogP contribution < -0.4 is 15.4 Å². The number of amides is 1. The van der Waals surface area contributed by atoms with Gasteiger partial charge in [0.25, 0.3) is 5.91 Å². The zero-order valence-electron chi connectivity index (χ0n) is 15.0. The number of hydrogen-bond acceptors (Lipinski definition) is 4. The molecule has 0 spiro atoms. The van der Waals surface area contributed by atoms with E-state index in [9.17, 15) is 4.79 Å². The molecule has 25 heavy (non-hydrogen) atoms. The number of piperidine rings is 1. The third kappa shape index (κ3) is 6.49. The molecular formula is C19H30ClN3O2. The number of ether oxygens (including phenoxy) is 1. The number of likely N-dealkylation sites (tertiary alicyclic amines) is 1. The van der Waals surface area contributed by atoms with Crippen LogP contribution in [0.25, 0.3) is 0 Å². The number of para-hydroxylation sites is 1. The van der Waals surface area contributed by atoms with Crippen LogP contribution in [-0.2, 0) is 11.3 Å². The van der Waals surface area contributed by atoms with E-state index in [2.05, 4.69) is 21.6 Å². The molecule has 0 bridgehead atoms. The first-order valence-corrected chi connectivity index (χ1v) is 9.11. The molecule has 1 aromatic carbocycles. The Bertz CT molecular complexity index is 551. The number of nitrogens with one attached hydrogen (secondary N) is 2. The minimum Gasteiger partial charge on any atom is -0.483 e. The highest BCUT2D eigenvalue weighted by Gasteiger charge is 2.22. The van der Waals surface area contributed by atoms with Gasteiger partial charge in [0.1, 0.15) is 5.75 Å². The van der Waals surface area contributed by atoms with Crippen molar-refractivity contribution in [3.63, 3.8) is 0 Å². The van der Waals surface area contributed by atoms with Gasteiger partial charge in [-0.25, -0.2) is 0 Å². The molecule has 1 saturated carbocycles. The number of hydrogen-bond donors (Lipinski definition) is 2. The van der Waals surface area contributed by atoms with Crippen molar-refractivity contribution < 1.29 is 9.53 Å². The van der Waals surface area contributed by atoms with Gasteiger partial charge >= 0.3 is 0 Å². The van der Waals surface area contributed by atoms with E-state index in [1.807, 2.05) is 25.2 Å². The molecule has 1 atom stereocenters. The highest BCUT2D eigenvalue weighted by atomic mass is 35.5. The van der Waals surface area contributed by atoms with Gasteiger partial charge in [0.15, 0.2) is 6.61 Å². The monoisotopic (exact) mass is 367 g/mol. The second-order valence-corrected chi connectivity index (χ2v) is 7.01. The molecule has 1 aliphatic carbocycles. The van der Waals surface area contributed by atoms with Crippen LogP contribution >= 0.6 is 12.4 Å². The summed E-state index contributed by atoms with van der Waals surface area (Å²) in [6, 6.07) is 8.63. The number of carbonyl (C=O) groups excluding carboxylic acids is 1. The zero-order chi connectivity index (χ0) is 16.8. The Morgan fingerprint density at radius 3 is 2.84 bits per heavy atom. The molecule has 5 nitrogen and oxygen atoms in total. The van der Waals surface area contributed by atoms with Crippen LogP contribution in [0.2, 0.25) is 0 Å². The zero-order valence-corrected chi connectivity index (χ0v) is 15.8. The van der Waals surface area contributed by atoms with Crippen molar-refractivity contribution >= 4 is 18.3 Å². The molecule has 3 rings (SSSR count). The van der Waals surface area contributed by atoms with Crippen LogP contribution in [0, 0.1) is 5.92 Å². The third-order valence-corrected chi connectivity index (χ3v) is 4.92. The quantitative estimate of drug-likeness (QED) is 0.739. The molecule has 2 N–H and O–H groups in total. The summed E-state index contributed by atoms with van der Waals surface area (Å²) in [6.07, 6.45) is 4.95. The molecule has 1 aromatic rings. The maximum Gasteiger partial charge on any atom is 0.257 e. The predicted octanol–water partition coefficient (Wildman–Crippen LogP) is 2.20. The number of likely N-dealkylation sites (N-methyl/N-ethyl adjacent to an activating group) is 1. The number of carbonyl (C=O) groups is 1. The normalized spacial score (nSPS) is 20.6. The number of rotatable bonds is 8. The Morgan fingerprint density at radius 1 is 1.28 bits per heavy atom. The molecule has 2 fully saturated rings. The van der Waals surface area contributed by atoms with Crippen molar-refractivity contribution in [2.45, 2.75) is 38.3 Å². The molecule has 1 saturated heterocycles. The Morgan fingerprint density at radius 2 is 2.08 bits per heavy atom. The maximum absolute atomic E-state index is 11.9. The summed E-state index contributed by atoms with van der Waals surface area (Å²) in [4.78, 5) is 14.3. The average Bonchev–Trinajstić information content (AvgIpc) is 3.44. The highest BCUT2D eigenvalue weighted by Crippen LogP contribution is 2.27. The van der Waals surface area contributed by atoms with E-state index >= 15 is 0 Å². The van der Waals surface area contributed by atoms with Crippen molar-refractivity contribution in [1.29, 1.82) is 0 Å². The van der Waals surface area contributed by atoms with Crippen molar-refractivity contribution in [3.8, 4) is 5.75 Å². The van der Waals surface area contributed by atoms with Crippen molar-refractivity contribution in [2.24, 2.45) is 5.92 Å². The van der Waals surface area contributed by atoms with E-state index in [4.69, 9.17) is 4.74 Å². The van der Waals surface area contributed by atoms with E-state index in [1.54, 1.807) is 0 Å². The fourth-order valence-corrected chi connectivity index (χ4v) is 3.23. The van der Waals surface area contributed by atoms with Crippen LogP contribution in [0.1, 0.15) is 31.2 Å². The SMILES string of the molecule is CNC1CCCN(Cc2ccccc2OCC(=O)NCC2CC2)C1.Cl. The first-order valence-electron chi connectivity index (χ1n) is 9.11. The lowest BCUT2D eigenvalue weighted by molar-refractivity contribution is -0.123. The molecule has 1 amide bonds. The van der Waals surface area contributed by atoms with E-state index in [0.29, 0.717) is 12.0 Å². The van der Waals surface area contributed by atoms with Gasteiger partial charge in [-0.3, -0.25) is 9.69 Å². The minimum absolute atomic E-state index is 0. The van der Waals surface area contributed by atoms with Crippen molar-refractivity contribution in [1.82, 2.24) is 15.5 Å². The van der Waals surface area contributed by atoms with Gasteiger partial charge in [-0.2, -0.15) is 0 Å². The van der Waals surface area contributed by atoms with Gasteiger partial charge in [-0.1, -0.05) is 18.2 Å². The van der Waals surface area contributed by atoms with Gasteiger partial charge in [0.2, 0.25) is 0 Å². The van der Waals surface area contributed by atoms with Crippen molar-refractivity contribution in [2.75, 3.05) is 33.3 Å². The number of halogens is 1. The minimum atomic E-state index is -0.0232. The van der Waals surface area contributed by atoms with E-state index < -0.39 is 0 Å². The molecule has 2 aliphatic rings. The van der Waals surface area contributed by atoms with Gasteiger partial charge in [0, 0.05) is 31.2 Å². The van der Waals surface area contributed by atoms with Gasteiger partial charge < -0.3 is 15.4 Å². The molecule has 1 unspecified atom stereocenters. The van der Waals surface area contributed by atoms with Crippen LogP contribution in [0.3, 0.4) is 0 Å². The Labute approximate surface area is 156 Å². The summed E-state index contributed by atoms with van der Waals surface area (Å²) in [5, 5.41) is 6.32. The third-order valence-electron chi connectivity index (χ3n) is 4.92. The summed E-state index contributed by atoms with van der Waals surface area (Å²) in [6.45, 7) is 3.95. The van der Waals surface area contributed by atoms with E-state index in [-0.39, 0.29) is 24.9 Å². The molecule has 140 valence electrons. The topological polar surface area (TPSA) is 53.6 Å². The average molecular weight is 368 g/mol. The summed E-state index contributed by atoms with van der Waals surface area (Å²) < 4.78 is 5.79. The largest absolute Gasteiger partial charge is 0.483 e. The molecule has 1 aliphatic heterocycles. The summed E-state index contributed by atoms with van der Waals surface area (Å²) in [7, 11) is 2.03. The fourth-order valence-electron chi connectivity index (χ4n) is 3.23. The molecule has 0 radical (unpaired) electrons. The fraction of sp³-hybridized carbons (Fsp3) is 0.632. The summed E-state index contributed by atoms with van der Waals surface area (Å²) in [5.74, 6) is 1.50. The molecule has 0 aromatic heterocycles. The highest BCUT2D eigenvalue weighted by molar-refractivity contribution is 5.85. The maximum atomic E-state index is 11.9. The lowest BCUT2D eigenvalue weighted by Gasteiger charge is -2.32. The van der Waals surface area contributed by atoms with Gasteiger partial charge in [-0.05, 0) is 51.3 Å². The first-order chi connectivity index (χ1) is 11.7. The Kier molecular flexibility index (Phi) is 8.00. The Balaban J connectivity index is 0.00000225. The number of nitrogens with zero attached hydrogens (tertiary/aromatic N) is 1. The second kappa shape index (κ2) is 10.00. The van der Waals surface area contributed by atoms with Crippen LogP contribution in [0.4, 0.5) is 0 Å². The van der Waals surface area contributed by atoms with Gasteiger partial charge in [0.05, 0.1) is 0 Å². The molecule has 1 heterocycles. The lowest BCUT2D eigenvalue weighted by Crippen LogP contribution is -2.43. The van der Waals surface area contributed by atoms with Crippen LogP contribution in [-0.4, -0.2) is 50.1 Å². The second-order valence-electron chi connectivity index (χ2n) is 7.01. The Hall–Kier alpha value is -1.30. The van der Waals surface area contributed by atoms with Gasteiger partial charge in [-0.15, -0.1) is 12.4 Å². The van der Waals surface area contributed by atoms with E-state index in [0.717, 1.165) is 37.5 Å². The standard InChI is InChI=1S/C19H29N3O2.ClH/c1-20-17-6-4-10-22(13-17)12-16-5-2-3-7-18(16)24-14-19(23)21-11-15-8-9-15;/h2-3,5,7,15,17,20H,4,6,8-14H2,1H3,(H,21,23);1H. The van der Waals surface area contributed by atoms with Crippen LogP contribution in [0.15, 0.2) is 24.3 Å². The molecule has 6 heteroatoms. The summed E-state index contributed by atoms with van der Waals surface area (Å²) >= 11 is 0. The summed E-state index contributed by atoms with van der Waals surface area (Å²) in [5.41, 5.74) is 1.16. The first kappa shape index (κ1) is 20.0.